The Labute approximate surface area is 65.4 Å². The number of H-pyrrole nitrogens is 1. The molecule has 2 aromatic rings. The highest BCUT2D eigenvalue weighted by atomic mass is 16.4. The molecule has 0 aromatic carbocycles. The number of rotatable bonds is 0. The van der Waals surface area contributed by atoms with Gasteiger partial charge in [0.05, 0.1) is 6.20 Å². The molecule has 0 saturated carbocycles. The van der Waals surface area contributed by atoms with Gasteiger partial charge in [-0.15, -0.1) is 0 Å². The van der Waals surface area contributed by atoms with E-state index < -0.39 is 11.3 Å². The quantitative estimate of drug-likeness (QED) is 0.557. The van der Waals surface area contributed by atoms with E-state index in [9.17, 15) is 9.59 Å². The fraction of sp³-hybridized carbons (Fsp3) is 0.167. The highest BCUT2D eigenvalue weighted by Crippen LogP contribution is 1.98. The number of hydrogen-bond donors (Lipinski definition) is 1. The zero-order chi connectivity index (χ0) is 8.72. The summed E-state index contributed by atoms with van der Waals surface area (Å²) < 4.78 is 5.69. The minimum absolute atomic E-state index is 0.0116. The molecule has 0 aliphatic carbocycles. The minimum Gasteiger partial charge on any atom is -0.402 e. The van der Waals surface area contributed by atoms with Gasteiger partial charge in [-0.2, -0.15) is 5.10 Å². The van der Waals surface area contributed by atoms with Crippen LogP contribution in [0, 0.1) is 0 Å². The van der Waals surface area contributed by atoms with Crippen LogP contribution in [0.15, 0.2) is 20.2 Å². The summed E-state index contributed by atoms with van der Waals surface area (Å²) in [7, 11) is 1.48. The second-order valence-electron chi connectivity index (χ2n) is 2.33. The number of nitrogens with one attached hydrogen (secondary N) is 1. The lowest BCUT2D eigenvalue weighted by Gasteiger charge is -1.90. The molecule has 2 heterocycles. The highest BCUT2D eigenvalue weighted by Gasteiger charge is 2.06. The molecule has 2 aromatic heterocycles. The van der Waals surface area contributed by atoms with Crippen LogP contribution >= 0.6 is 0 Å². The number of aryl methyl sites for hydroxylation is 1. The normalized spacial score (nSPS) is 10.8. The first-order valence-corrected chi connectivity index (χ1v) is 3.23. The predicted molar refractivity (Wildman–Crippen MR) is 39.9 cm³/mol. The van der Waals surface area contributed by atoms with Gasteiger partial charge in [-0.3, -0.25) is 9.78 Å². The monoisotopic (exact) mass is 167 g/mol. The summed E-state index contributed by atoms with van der Waals surface area (Å²) in [5.74, 6) is -0.643. The topological polar surface area (TPSA) is 80.9 Å². The van der Waals surface area contributed by atoms with Crippen LogP contribution in [0.5, 0.6) is 0 Å². The van der Waals surface area contributed by atoms with Crippen LogP contribution in [0.4, 0.5) is 0 Å². The molecule has 12 heavy (non-hydrogen) atoms. The van der Waals surface area contributed by atoms with E-state index in [1.165, 1.54) is 13.2 Å². The third-order valence-corrected chi connectivity index (χ3v) is 1.52. The summed E-state index contributed by atoms with van der Waals surface area (Å²) in [6, 6.07) is 0. The zero-order valence-electron chi connectivity index (χ0n) is 6.20. The second kappa shape index (κ2) is 2.07. The predicted octanol–water partition coefficient (Wildman–Crippen LogP) is -0.785. The molecule has 0 radical (unpaired) electrons. The Morgan fingerprint density at radius 2 is 2.33 bits per heavy atom. The average Bonchev–Trinajstić information content (AvgIpc) is 2.39. The molecule has 6 nitrogen and oxygen atoms in total. The van der Waals surface area contributed by atoms with Gasteiger partial charge >= 0.3 is 11.3 Å². The van der Waals surface area contributed by atoms with Crippen LogP contribution in [-0.4, -0.2) is 14.8 Å². The highest BCUT2D eigenvalue weighted by molar-refractivity contribution is 5.68. The van der Waals surface area contributed by atoms with Gasteiger partial charge in [-0.05, 0) is 0 Å². The summed E-state index contributed by atoms with van der Waals surface area (Å²) in [5, 5.41) is 3.69. The average molecular weight is 167 g/mol. The standard InChI is InChI=1S/C6H5N3O3/c1-9-5(10)4-3(2-7-9)8-6(11)12-4/h2H,1H3,(H,8,11). The van der Waals surface area contributed by atoms with E-state index in [1.807, 2.05) is 0 Å². The molecule has 0 unspecified atom stereocenters. The first kappa shape index (κ1) is 6.84. The molecular formula is C6H5N3O3. The maximum atomic E-state index is 11.2. The Hall–Kier alpha value is -1.85. The number of nitrogens with zero attached hydrogens (tertiary/aromatic N) is 2. The largest absolute Gasteiger partial charge is 0.417 e. The van der Waals surface area contributed by atoms with Gasteiger partial charge in [-0.1, -0.05) is 0 Å². The van der Waals surface area contributed by atoms with Gasteiger partial charge in [0.15, 0.2) is 0 Å². The number of aromatic nitrogens is 3. The number of oxazole rings is 1. The van der Waals surface area contributed by atoms with Crippen molar-refractivity contribution >= 4 is 11.1 Å². The molecule has 0 spiro atoms. The Kier molecular flexibility index (Phi) is 1.18. The van der Waals surface area contributed by atoms with Gasteiger partial charge in [0.1, 0.15) is 5.52 Å². The van der Waals surface area contributed by atoms with Crippen molar-refractivity contribution in [3.05, 3.63) is 27.1 Å². The van der Waals surface area contributed by atoms with E-state index in [1.54, 1.807) is 0 Å². The molecular weight excluding hydrogens is 162 g/mol. The maximum Gasteiger partial charge on any atom is 0.417 e. The third kappa shape index (κ3) is 0.777. The smallest absolute Gasteiger partial charge is 0.402 e. The van der Waals surface area contributed by atoms with Gasteiger partial charge in [0.2, 0.25) is 5.58 Å². The van der Waals surface area contributed by atoms with Crippen LogP contribution < -0.4 is 11.3 Å². The number of hydrogen-bond acceptors (Lipinski definition) is 4. The maximum absolute atomic E-state index is 11.2. The van der Waals surface area contributed by atoms with Gasteiger partial charge in [0.25, 0.3) is 0 Å². The zero-order valence-corrected chi connectivity index (χ0v) is 6.20. The molecule has 0 aliphatic rings. The fourth-order valence-corrected chi connectivity index (χ4v) is 0.933. The van der Waals surface area contributed by atoms with E-state index >= 15 is 0 Å². The molecule has 0 saturated heterocycles. The summed E-state index contributed by atoms with van der Waals surface area (Å²) in [4.78, 5) is 24.2. The van der Waals surface area contributed by atoms with Crippen LogP contribution in [-0.2, 0) is 7.05 Å². The van der Waals surface area contributed by atoms with E-state index in [4.69, 9.17) is 0 Å². The summed E-state index contributed by atoms with van der Waals surface area (Å²) in [5.41, 5.74) is -0.0912. The van der Waals surface area contributed by atoms with Crippen molar-refractivity contribution in [2.75, 3.05) is 0 Å². The first-order chi connectivity index (χ1) is 5.68. The lowest BCUT2D eigenvalue weighted by atomic mass is 10.5. The molecule has 0 bridgehead atoms. The van der Waals surface area contributed by atoms with Gasteiger partial charge in [0, 0.05) is 7.05 Å². The lowest BCUT2D eigenvalue weighted by Crippen LogP contribution is -2.18. The Bertz CT molecular complexity index is 533. The second-order valence-corrected chi connectivity index (χ2v) is 2.33. The van der Waals surface area contributed by atoms with E-state index in [0.717, 1.165) is 4.68 Å². The van der Waals surface area contributed by atoms with Crippen molar-refractivity contribution in [3.8, 4) is 0 Å². The van der Waals surface area contributed by atoms with Crippen LogP contribution in [0.2, 0.25) is 0 Å². The van der Waals surface area contributed by atoms with Crippen molar-refractivity contribution in [2.45, 2.75) is 0 Å². The van der Waals surface area contributed by atoms with Gasteiger partial charge in [-0.25, -0.2) is 9.48 Å². The molecule has 0 aliphatic heterocycles. The molecule has 6 heteroatoms. The Morgan fingerprint density at radius 3 is 3.08 bits per heavy atom. The Morgan fingerprint density at radius 1 is 1.58 bits per heavy atom. The SMILES string of the molecule is Cn1ncc2[nH]c(=O)oc2c1=O. The molecule has 62 valence electrons. The molecule has 1 N–H and O–H groups in total. The van der Waals surface area contributed by atoms with E-state index in [0.29, 0.717) is 5.52 Å². The minimum atomic E-state index is -0.643. The number of fused-ring (bicyclic) bond motifs is 1. The van der Waals surface area contributed by atoms with Crippen LogP contribution in [0.1, 0.15) is 0 Å². The van der Waals surface area contributed by atoms with Crippen molar-refractivity contribution in [3.63, 3.8) is 0 Å². The molecule has 2 rings (SSSR count). The molecule has 0 atom stereocenters. The van der Waals surface area contributed by atoms with Crippen molar-refractivity contribution in [1.82, 2.24) is 14.8 Å². The van der Waals surface area contributed by atoms with E-state index in [2.05, 4.69) is 14.5 Å². The molecule has 0 amide bonds. The number of aromatic amines is 1. The van der Waals surface area contributed by atoms with E-state index in [-0.39, 0.29) is 5.58 Å². The summed E-state index contributed by atoms with van der Waals surface area (Å²) >= 11 is 0. The lowest BCUT2D eigenvalue weighted by molar-refractivity contribution is 0.545. The Balaban J connectivity index is 3.10. The van der Waals surface area contributed by atoms with Crippen molar-refractivity contribution in [1.29, 1.82) is 0 Å². The van der Waals surface area contributed by atoms with Crippen molar-refractivity contribution < 1.29 is 4.42 Å². The summed E-state index contributed by atoms with van der Waals surface area (Å²) in [6.45, 7) is 0. The summed E-state index contributed by atoms with van der Waals surface area (Å²) in [6.07, 6.45) is 1.36. The van der Waals surface area contributed by atoms with Crippen molar-refractivity contribution in [2.24, 2.45) is 7.05 Å². The third-order valence-electron chi connectivity index (χ3n) is 1.52. The van der Waals surface area contributed by atoms with Gasteiger partial charge < -0.3 is 4.42 Å². The fourth-order valence-electron chi connectivity index (χ4n) is 0.933. The molecule has 0 fully saturated rings. The first-order valence-electron chi connectivity index (χ1n) is 3.23. The van der Waals surface area contributed by atoms with Crippen LogP contribution in [0.3, 0.4) is 0 Å². The van der Waals surface area contributed by atoms with Crippen LogP contribution in [0.25, 0.3) is 11.1 Å².